The molecule has 0 aromatic heterocycles. The van der Waals surface area contributed by atoms with E-state index in [1.165, 1.54) is 0 Å². The minimum Gasteiger partial charge on any atom is -0.503 e. The van der Waals surface area contributed by atoms with E-state index in [1.807, 2.05) is 0 Å². The summed E-state index contributed by atoms with van der Waals surface area (Å²) in [5, 5.41) is 18.4. The van der Waals surface area contributed by atoms with Gasteiger partial charge in [0.1, 0.15) is 0 Å². The maximum absolute atomic E-state index is 13.3. The number of anilines is 2. The molecule has 0 radical (unpaired) electrons. The highest BCUT2D eigenvalue weighted by Gasteiger charge is 2.17. The molecule has 0 atom stereocenters. The fourth-order valence-corrected chi connectivity index (χ4v) is 1.67. The van der Waals surface area contributed by atoms with Gasteiger partial charge in [-0.05, 0) is 24.3 Å². The summed E-state index contributed by atoms with van der Waals surface area (Å²) in [4.78, 5) is 12.1. The lowest BCUT2D eigenvalue weighted by molar-refractivity contribution is 0.103. The number of halogens is 2. The number of aromatic hydroxyl groups is 2. The molecule has 20 heavy (non-hydrogen) atoms. The van der Waals surface area contributed by atoms with Crippen molar-refractivity contribution in [3.05, 3.63) is 47.0 Å². The van der Waals surface area contributed by atoms with Crippen LogP contribution in [0, 0.1) is 11.6 Å². The molecule has 2 rings (SSSR count). The molecule has 0 heterocycles. The van der Waals surface area contributed by atoms with Crippen molar-refractivity contribution in [1.29, 1.82) is 0 Å². The molecule has 0 bridgehead atoms. The van der Waals surface area contributed by atoms with Crippen molar-refractivity contribution in [3.8, 4) is 11.5 Å². The van der Waals surface area contributed by atoms with Gasteiger partial charge >= 0.3 is 0 Å². The number of nitrogens with two attached hydrogens (primary N) is 2. The first kappa shape index (κ1) is 13.6. The van der Waals surface area contributed by atoms with E-state index in [2.05, 4.69) is 0 Å². The molecule has 0 unspecified atom stereocenters. The van der Waals surface area contributed by atoms with E-state index in [0.717, 1.165) is 24.3 Å². The highest BCUT2D eigenvalue weighted by atomic mass is 19.1. The van der Waals surface area contributed by atoms with Crippen LogP contribution in [-0.4, -0.2) is 16.0 Å². The molecule has 6 N–H and O–H groups in total. The van der Waals surface area contributed by atoms with Gasteiger partial charge in [-0.15, -0.1) is 0 Å². The Labute approximate surface area is 112 Å². The summed E-state index contributed by atoms with van der Waals surface area (Å²) < 4.78 is 26.6. The maximum atomic E-state index is 13.3. The van der Waals surface area contributed by atoms with Gasteiger partial charge in [-0.2, -0.15) is 0 Å². The molecule has 0 saturated heterocycles. The Hall–Kier alpha value is -2.83. The highest BCUT2D eigenvalue weighted by Crippen LogP contribution is 2.29. The largest absolute Gasteiger partial charge is 0.503 e. The molecule has 0 aliphatic carbocycles. The molecule has 2 aromatic rings. The van der Waals surface area contributed by atoms with Crippen molar-refractivity contribution < 1.29 is 23.8 Å². The van der Waals surface area contributed by atoms with Crippen LogP contribution in [0.4, 0.5) is 20.2 Å². The number of hydrogen-bond donors (Lipinski definition) is 4. The highest BCUT2D eigenvalue weighted by molar-refractivity contribution is 6.10. The summed E-state index contributed by atoms with van der Waals surface area (Å²) in [6.45, 7) is 0. The molecule has 0 saturated carbocycles. The molecular weight excluding hydrogens is 270 g/mol. The minimum absolute atomic E-state index is 0.178. The second kappa shape index (κ2) is 4.69. The molecule has 0 fully saturated rings. The van der Waals surface area contributed by atoms with E-state index in [1.54, 1.807) is 0 Å². The third kappa shape index (κ3) is 2.20. The number of hydrogen-bond acceptors (Lipinski definition) is 5. The zero-order chi connectivity index (χ0) is 15.0. The van der Waals surface area contributed by atoms with E-state index in [-0.39, 0.29) is 22.5 Å². The Bertz CT molecular complexity index is 611. The van der Waals surface area contributed by atoms with Crippen LogP contribution < -0.4 is 11.5 Å². The standard InChI is InChI=1S/C13H10F2N2O3/c14-7-1-5(3-9(16)12(7)19)11(18)6-2-8(15)13(20)10(17)4-6/h1-4,19-20H,16-17H2. The summed E-state index contributed by atoms with van der Waals surface area (Å²) in [7, 11) is 0. The fourth-order valence-electron chi connectivity index (χ4n) is 1.67. The number of carbonyl (C=O) groups is 1. The number of nitrogen functional groups attached to an aromatic ring is 2. The van der Waals surface area contributed by atoms with Crippen LogP contribution in [-0.2, 0) is 0 Å². The molecular formula is C13H10F2N2O3. The quantitative estimate of drug-likeness (QED) is 0.381. The first-order valence-corrected chi connectivity index (χ1v) is 5.42. The number of benzene rings is 2. The first-order valence-electron chi connectivity index (χ1n) is 5.42. The van der Waals surface area contributed by atoms with Crippen LogP contribution in [0.5, 0.6) is 11.5 Å². The predicted octanol–water partition coefficient (Wildman–Crippen LogP) is 1.77. The molecule has 0 amide bonds. The van der Waals surface area contributed by atoms with Crippen LogP contribution in [0.15, 0.2) is 24.3 Å². The number of carbonyl (C=O) groups excluding carboxylic acids is 1. The monoisotopic (exact) mass is 280 g/mol. The summed E-state index contributed by atoms with van der Waals surface area (Å²) >= 11 is 0. The zero-order valence-electron chi connectivity index (χ0n) is 10.0. The molecule has 0 aliphatic rings. The van der Waals surface area contributed by atoms with Gasteiger partial charge in [0.25, 0.3) is 0 Å². The Morgan fingerprint density at radius 2 is 1.20 bits per heavy atom. The lowest BCUT2D eigenvalue weighted by Gasteiger charge is -2.07. The third-order valence-electron chi connectivity index (χ3n) is 2.71. The van der Waals surface area contributed by atoms with Gasteiger partial charge in [0, 0.05) is 11.1 Å². The van der Waals surface area contributed by atoms with Crippen LogP contribution in [0.3, 0.4) is 0 Å². The number of phenols is 2. The average Bonchev–Trinajstić information content (AvgIpc) is 2.40. The van der Waals surface area contributed by atoms with Gasteiger partial charge < -0.3 is 21.7 Å². The van der Waals surface area contributed by atoms with E-state index in [4.69, 9.17) is 11.5 Å². The van der Waals surface area contributed by atoms with E-state index in [9.17, 15) is 23.8 Å². The van der Waals surface area contributed by atoms with Gasteiger partial charge in [-0.3, -0.25) is 4.79 Å². The number of rotatable bonds is 2. The second-order valence-corrected chi connectivity index (χ2v) is 4.12. The Morgan fingerprint density at radius 3 is 1.50 bits per heavy atom. The van der Waals surface area contributed by atoms with Crippen molar-refractivity contribution in [1.82, 2.24) is 0 Å². The van der Waals surface area contributed by atoms with Crippen LogP contribution in [0.2, 0.25) is 0 Å². The van der Waals surface area contributed by atoms with E-state index in [0.29, 0.717) is 0 Å². The normalized spacial score (nSPS) is 10.5. The topological polar surface area (TPSA) is 110 Å². The van der Waals surface area contributed by atoms with Gasteiger partial charge in [-0.1, -0.05) is 0 Å². The lowest BCUT2D eigenvalue weighted by Crippen LogP contribution is -2.05. The van der Waals surface area contributed by atoms with E-state index >= 15 is 0 Å². The smallest absolute Gasteiger partial charge is 0.193 e. The fraction of sp³-hybridized carbons (Fsp3) is 0. The summed E-state index contributed by atoms with van der Waals surface area (Å²) in [5.74, 6) is -4.42. The second-order valence-electron chi connectivity index (χ2n) is 4.12. The van der Waals surface area contributed by atoms with Gasteiger partial charge in [0.05, 0.1) is 11.4 Å². The average molecular weight is 280 g/mol. The lowest BCUT2D eigenvalue weighted by atomic mass is 10.0. The number of phenolic OH excluding ortho intramolecular Hbond substituents is 2. The Balaban J connectivity index is 2.52. The van der Waals surface area contributed by atoms with Crippen molar-refractivity contribution in [2.75, 3.05) is 11.5 Å². The summed E-state index contributed by atoms with van der Waals surface area (Å²) in [6.07, 6.45) is 0. The summed E-state index contributed by atoms with van der Waals surface area (Å²) in [5.41, 5.74) is 9.69. The van der Waals surface area contributed by atoms with Crippen molar-refractivity contribution in [3.63, 3.8) is 0 Å². The predicted molar refractivity (Wildman–Crippen MR) is 68.4 cm³/mol. The van der Waals surface area contributed by atoms with Crippen LogP contribution >= 0.6 is 0 Å². The molecule has 104 valence electrons. The molecule has 5 nitrogen and oxygen atoms in total. The first-order chi connectivity index (χ1) is 9.31. The van der Waals surface area contributed by atoms with Crippen molar-refractivity contribution in [2.24, 2.45) is 0 Å². The SMILES string of the molecule is Nc1cc(C(=O)c2cc(N)c(O)c(F)c2)cc(F)c1O. The van der Waals surface area contributed by atoms with Gasteiger partial charge in [-0.25, -0.2) is 8.78 Å². The van der Waals surface area contributed by atoms with Crippen molar-refractivity contribution >= 4 is 17.2 Å². The van der Waals surface area contributed by atoms with Crippen LogP contribution in [0.1, 0.15) is 15.9 Å². The van der Waals surface area contributed by atoms with Gasteiger partial charge in [0.15, 0.2) is 28.9 Å². The Kier molecular flexibility index (Phi) is 3.19. The summed E-state index contributed by atoms with van der Waals surface area (Å²) in [6, 6.07) is 3.66. The zero-order valence-corrected chi connectivity index (χ0v) is 10.0. The van der Waals surface area contributed by atoms with Gasteiger partial charge in [0.2, 0.25) is 0 Å². The van der Waals surface area contributed by atoms with Crippen molar-refractivity contribution in [2.45, 2.75) is 0 Å². The molecule has 0 spiro atoms. The minimum atomic E-state index is -1.07. The van der Waals surface area contributed by atoms with Crippen LogP contribution in [0.25, 0.3) is 0 Å². The van der Waals surface area contributed by atoms with E-state index < -0.39 is 28.9 Å². The number of ketones is 1. The molecule has 0 aliphatic heterocycles. The molecule has 2 aromatic carbocycles. The Morgan fingerprint density at radius 1 is 0.850 bits per heavy atom. The third-order valence-corrected chi connectivity index (χ3v) is 2.71. The maximum Gasteiger partial charge on any atom is 0.193 e. The molecule has 7 heteroatoms.